The highest BCUT2D eigenvalue weighted by Gasteiger charge is 2.08. The second kappa shape index (κ2) is 3.49. The molecule has 0 saturated heterocycles. The van der Waals surface area contributed by atoms with E-state index in [2.05, 4.69) is 5.32 Å². The van der Waals surface area contributed by atoms with Crippen molar-refractivity contribution >= 4 is 22.5 Å². The highest BCUT2D eigenvalue weighted by molar-refractivity contribution is 5.87. The minimum atomic E-state index is 0.0833. The molecule has 0 saturated carbocycles. The molecule has 0 atom stereocenters. The zero-order chi connectivity index (χ0) is 11.0. The molecular weight excluding hydrogens is 198 g/mol. The van der Waals surface area contributed by atoms with Gasteiger partial charge in [-0.1, -0.05) is 48.6 Å². The SMILES string of the molecule is O=c1c2c(ccc3ccccc13)C=CCN2. The Hall–Kier alpha value is -2.09. The summed E-state index contributed by atoms with van der Waals surface area (Å²) in [6.45, 7) is 0.723. The lowest BCUT2D eigenvalue weighted by Crippen LogP contribution is -2.13. The fourth-order valence-electron chi connectivity index (χ4n) is 2.05. The highest BCUT2D eigenvalue weighted by atomic mass is 16.1. The molecule has 78 valence electrons. The molecule has 0 fully saturated rings. The van der Waals surface area contributed by atoms with Gasteiger partial charge >= 0.3 is 0 Å². The van der Waals surface area contributed by atoms with E-state index < -0.39 is 0 Å². The molecule has 2 aromatic rings. The molecule has 16 heavy (non-hydrogen) atoms. The van der Waals surface area contributed by atoms with Crippen molar-refractivity contribution in [2.45, 2.75) is 0 Å². The molecule has 0 unspecified atom stereocenters. The largest absolute Gasteiger partial charge is 0.378 e. The number of nitrogens with one attached hydrogen (secondary N) is 1. The smallest absolute Gasteiger partial charge is 0.210 e. The van der Waals surface area contributed by atoms with Crippen LogP contribution in [0.3, 0.4) is 0 Å². The van der Waals surface area contributed by atoms with Gasteiger partial charge in [-0.2, -0.15) is 0 Å². The van der Waals surface area contributed by atoms with Crippen molar-refractivity contribution < 1.29 is 0 Å². The maximum Gasteiger partial charge on any atom is 0.210 e. The molecule has 1 aliphatic heterocycles. The summed E-state index contributed by atoms with van der Waals surface area (Å²) in [6.07, 6.45) is 4.01. The molecule has 0 radical (unpaired) electrons. The molecule has 0 bridgehead atoms. The number of fused-ring (bicyclic) bond motifs is 2. The van der Waals surface area contributed by atoms with E-state index in [4.69, 9.17) is 0 Å². The minimum absolute atomic E-state index is 0.0833. The van der Waals surface area contributed by atoms with Crippen molar-refractivity contribution in [3.63, 3.8) is 0 Å². The molecule has 1 aliphatic rings. The summed E-state index contributed by atoms with van der Waals surface area (Å²) in [6, 6.07) is 11.7. The van der Waals surface area contributed by atoms with Crippen LogP contribution in [0.15, 0.2) is 47.3 Å². The van der Waals surface area contributed by atoms with Gasteiger partial charge in [0.1, 0.15) is 0 Å². The van der Waals surface area contributed by atoms with Crippen molar-refractivity contribution in [2.24, 2.45) is 0 Å². The summed E-state index contributed by atoms with van der Waals surface area (Å²) >= 11 is 0. The Morgan fingerprint density at radius 2 is 1.94 bits per heavy atom. The normalized spacial score (nSPS) is 13.2. The van der Waals surface area contributed by atoms with Crippen molar-refractivity contribution in [3.8, 4) is 0 Å². The van der Waals surface area contributed by atoms with Gasteiger partial charge in [-0.3, -0.25) is 4.79 Å². The standard InChI is InChI=1S/C14H11NO/c16-14-12-6-2-1-4-10(12)7-8-11-5-3-9-15-13(11)14/h1-8,15H,9H2. The number of hydrogen-bond donors (Lipinski definition) is 1. The van der Waals surface area contributed by atoms with Gasteiger partial charge in [0.05, 0.1) is 5.69 Å². The van der Waals surface area contributed by atoms with Gasteiger partial charge in [0.2, 0.25) is 5.43 Å². The monoisotopic (exact) mass is 209 g/mol. The Morgan fingerprint density at radius 3 is 2.88 bits per heavy atom. The Balaban J connectivity index is 2.51. The van der Waals surface area contributed by atoms with Crippen LogP contribution in [0.2, 0.25) is 0 Å². The van der Waals surface area contributed by atoms with Gasteiger partial charge in [0, 0.05) is 17.5 Å². The molecular formula is C14H11NO. The second-order valence-electron chi connectivity index (χ2n) is 3.86. The summed E-state index contributed by atoms with van der Waals surface area (Å²) in [5.74, 6) is 0. The lowest BCUT2D eigenvalue weighted by molar-refractivity contribution is 1.31. The van der Waals surface area contributed by atoms with Gasteiger partial charge in [-0.25, -0.2) is 0 Å². The van der Waals surface area contributed by atoms with Crippen molar-refractivity contribution in [3.05, 3.63) is 58.3 Å². The maximum atomic E-state index is 12.3. The zero-order valence-corrected chi connectivity index (χ0v) is 8.73. The number of hydrogen-bond acceptors (Lipinski definition) is 2. The quantitative estimate of drug-likeness (QED) is 0.722. The van der Waals surface area contributed by atoms with Crippen molar-refractivity contribution in [1.82, 2.24) is 0 Å². The second-order valence-corrected chi connectivity index (χ2v) is 3.86. The van der Waals surface area contributed by atoms with Crippen LogP contribution in [0.5, 0.6) is 0 Å². The summed E-state index contributed by atoms with van der Waals surface area (Å²) in [7, 11) is 0. The van der Waals surface area contributed by atoms with Gasteiger partial charge in [0.25, 0.3) is 0 Å². The molecule has 0 aromatic heterocycles. The Bertz CT molecular complexity index is 644. The molecule has 2 aromatic carbocycles. The van der Waals surface area contributed by atoms with Crippen LogP contribution in [0, 0.1) is 0 Å². The van der Waals surface area contributed by atoms with Crippen LogP contribution < -0.4 is 10.7 Å². The topological polar surface area (TPSA) is 29.1 Å². The van der Waals surface area contributed by atoms with E-state index in [0.29, 0.717) is 5.69 Å². The molecule has 2 heteroatoms. The minimum Gasteiger partial charge on any atom is -0.378 e. The van der Waals surface area contributed by atoms with Gasteiger partial charge in [0.15, 0.2) is 0 Å². The zero-order valence-electron chi connectivity index (χ0n) is 8.73. The highest BCUT2D eigenvalue weighted by Crippen LogP contribution is 2.19. The number of benzene rings is 1. The maximum absolute atomic E-state index is 12.3. The van der Waals surface area contributed by atoms with Crippen LogP contribution in [0.1, 0.15) is 5.56 Å². The Labute approximate surface area is 93.2 Å². The lowest BCUT2D eigenvalue weighted by Gasteiger charge is -2.08. The van der Waals surface area contributed by atoms with Crippen molar-refractivity contribution in [1.29, 1.82) is 0 Å². The molecule has 2 nitrogen and oxygen atoms in total. The third-order valence-electron chi connectivity index (χ3n) is 2.86. The van der Waals surface area contributed by atoms with Gasteiger partial charge in [-0.15, -0.1) is 0 Å². The van der Waals surface area contributed by atoms with E-state index in [1.165, 1.54) is 0 Å². The average Bonchev–Trinajstić information content (AvgIpc) is 2.49. The summed E-state index contributed by atoms with van der Waals surface area (Å²) < 4.78 is 0. The predicted molar refractivity (Wildman–Crippen MR) is 67.7 cm³/mol. The molecule has 0 aliphatic carbocycles. The van der Waals surface area contributed by atoms with Crippen LogP contribution in [0.4, 0.5) is 5.69 Å². The van der Waals surface area contributed by atoms with Crippen LogP contribution in [0.25, 0.3) is 16.8 Å². The van der Waals surface area contributed by atoms with E-state index in [1.807, 2.05) is 48.6 Å². The first-order chi connectivity index (χ1) is 7.86. The third kappa shape index (κ3) is 1.31. The number of rotatable bonds is 0. The van der Waals surface area contributed by atoms with E-state index in [1.54, 1.807) is 0 Å². The summed E-state index contributed by atoms with van der Waals surface area (Å²) in [5.41, 5.74) is 1.76. The van der Waals surface area contributed by atoms with E-state index in [-0.39, 0.29) is 5.43 Å². The first kappa shape index (κ1) is 9.16. The van der Waals surface area contributed by atoms with Crippen LogP contribution in [-0.2, 0) is 0 Å². The Kier molecular flexibility index (Phi) is 2.00. The molecule has 3 rings (SSSR count). The lowest BCUT2D eigenvalue weighted by atomic mass is 10.1. The van der Waals surface area contributed by atoms with Gasteiger partial charge in [-0.05, 0) is 5.39 Å². The number of anilines is 1. The summed E-state index contributed by atoms with van der Waals surface area (Å²) in [5, 5.41) is 4.90. The van der Waals surface area contributed by atoms with E-state index >= 15 is 0 Å². The van der Waals surface area contributed by atoms with E-state index in [0.717, 1.165) is 22.9 Å². The first-order valence-electron chi connectivity index (χ1n) is 5.33. The fraction of sp³-hybridized carbons (Fsp3) is 0.0714. The van der Waals surface area contributed by atoms with Crippen LogP contribution in [-0.4, -0.2) is 6.54 Å². The summed E-state index contributed by atoms with van der Waals surface area (Å²) in [4.78, 5) is 12.3. The molecule has 0 spiro atoms. The molecule has 1 heterocycles. The third-order valence-corrected chi connectivity index (χ3v) is 2.86. The van der Waals surface area contributed by atoms with Gasteiger partial charge < -0.3 is 5.32 Å². The van der Waals surface area contributed by atoms with E-state index in [9.17, 15) is 4.79 Å². The Morgan fingerprint density at radius 1 is 1.06 bits per heavy atom. The fourth-order valence-corrected chi connectivity index (χ4v) is 2.05. The van der Waals surface area contributed by atoms with Crippen molar-refractivity contribution in [2.75, 3.05) is 11.9 Å². The predicted octanol–water partition coefficient (Wildman–Crippen LogP) is 2.64. The molecule has 1 N–H and O–H groups in total. The average molecular weight is 209 g/mol. The van der Waals surface area contributed by atoms with Crippen LogP contribution >= 0.6 is 0 Å². The molecule has 0 amide bonds. The first-order valence-corrected chi connectivity index (χ1v) is 5.33.